The summed E-state index contributed by atoms with van der Waals surface area (Å²) in [4.78, 5) is 8.68. The number of hydrogen-bond acceptors (Lipinski definition) is 4. The van der Waals surface area contributed by atoms with Crippen LogP contribution in [0.1, 0.15) is 13.8 Å². The van der Waals surface area contributed by atoms with Gasteiger partial charge in [-0.1, -0.05) is 0 Å². The fraction of sp³-hybridized carbons (Fsp3) is 1.00. The molecule has 0 saturated carbocycles. The molecule has 2 atom stereocenters. The lowest BCUT2D eigenvalue weighted by Crippen LogP contribution is -2.52. The fourth-order valence-corrected chi connectivity index (χ4v) is 0.654. The van der Waals surface area contributed by atoms with Crippen molar-refractivity contribution in [1.82, 2.24) is 0 Å². The molecule has 0 rings (SSSR count). The van der Waals surface area contributed by atoms with Crippen molar-refractivity contribution in [2.75, 3.05) is 0 Å². The predicted octanol–water partition coefficient (Wildman–Crippen LogP) is -0.310. The van der Waals surface area contributed by atoms with Crippen LogP contribution in [0.15, 0.2) is 0 Å². The third-order valence-corrected chi connectivity index (χ3v) is 1.45. The van der Waals surface area contributed by atoms with Gasteiger partial charge in [-0.15, -0.1) is 0 Å². The largest absolute Gasteiger partial charge is 0.408 e. The van der Waals surface area contributed by atoms with E-state index in [9.17, 15) is 14.5 Å². The lowest BCUT2D eigenvalue weighted by atomic mass is 10.1. The maximum atomic E-state index is 13.0. The highest BCUT2D eigenvalue weighted by Gasteiger charge is 2.53. The minimum Gasteiger partial charge on any atom is -0.383 e. The van der Waals surface area contributed by atoms with E-state index in [0.717, 1.165) is 13.8 Å². The van der Waals surface area contributed by atoms with E-state index in [2.05, 4.69) is 0 Å². The molecule has 2 N–H and O–H groups in total. The molecule has 0 aliphatic heterocycles. The van der Waals surface area contributed by atoms with Gasteiger partial charge in [-0.3, -0.25) is 10.1 Å². The summed E-state index contributed by atoms with van der Waals surface area (Å²) in [5.41, 5.74) is 0. The van der Waals surface area contributed by atoms with Crippen LogP contribution >= 0.6 is 0 Å². The molecular weight excluding hydrogens is 157 g/mol. The zero-order valence-corrected chi connectivity index (χ0v) is 6.19. The normalized spacial score (nSPS) is 21.9. The van der Waals surface area contributed by atoms with Gasteiger partial charge >= 0.3 is 5.79 Å². The average Bonchev–Trinajstić information content (AvgIpc) is 1.84. The van der Waals surface area contributed by atoms with Gasteiger partial charge in [-0.05, 0) is 13.8 Å². The molecule has 5 nitrogen and oxygen atoms in total. The van der Waals surface area contributed by atoms with Crippen molar-refractivity contribution < 1.29 is 19.5 Å². The van der Waals surface area contributed by atoms with Crippen LogP contribution in [0.5, 0.6) is 0 Å². The standard InChI is InChI=1S/C5H10FNO4/c1-3(8)5(6,4(2)9)7(10)11/h3-4,8-9H,1-2H3. The van der Waals surface area contributed by atoms with E-state index in [-0.39, 0.29) is 0 Å². The van der Waals surface area contributed by atoms with Crippen LogP contribution in [0.4, 0.5) is 4.39 Å². The first-order chi connectivity index (χ1) is 4.83. The topological polar surface area (TPSA) is 83.6 Å². The molecule has 0 spiro atoms. The number of halogens is 1. The number of hydrogen-bond donors (Lipinski definition) is 2. The third kappa shape index (κ3) is 1.63. The van der Waals surface area contributed by atoms with E-state index >= 15 is 0 Å². The molecule has 0 amide bonds. The molecule has 0 heterocycles. The second kappa shape index (κ2) is 3.10. The Labute approximate surface area is 62.6 Å². The fourth-order valence-electron chi connectivity index (χ4n) is 0.654. The van der Waals surface area contributed by atoms with Crippen molar-refractivity contribution in [3.05, 3.63) is 10.1 Å². The maximum Gasteiger partial charge on any atom is 0.408 e. The highest BCUT2D eigenvalue weighted by Crippen LogP contribution is 2.21. The first kappa shape index (κ1) is 10.2. The van der Waals surface area contributed by atoms with Crippen molar-refractivity contribution in [2.24, 2.45) is 0 Å². The molecule has 0 aromatic rings. The van der Waals surface area contributed by atoms with Crippen molar-refractivity contribution in [3.63, 3.8) is 0 Å². The van der Waals surface area contributed by atoms with Gasteiger partial charge in [0.05, 0.1) is 4.92 Å². The molecule has 2 unspecified atom stereocenters. The smallest absolute Gasteiger partial charge is 0.383 e. The zero-order chi connectivity index (χ0) is 9.23. The van der Waals surface area contributed by atoms with Gasteiger partial charge < -0.3 is 10.2 Å². The maximum absolute atomic E-state index is 13.0. The molecule has 0 aromatic carbocycles. The predicted molar refractivity (Wildman–Crippen MR) is 34.2 cm³/mol. The SMILES string of the molecule is CC(O)C(F)(C(C)O)[N+](=O)[O-]. The van der Waals surface area contributed by atoms with Gasteiger partial charge in [0.2, 0.25) is 0 Å². The quantitative estimate of drug-likeness (QED) is 0.343. The molecule has 0 aromatic heterocycles. The lowest BCUT2D eigenvalue weighted by molar-refractivity contribution is -0.630. The first-order valence-electron chi connectivity index (χ1n) is 3.03. The van der Waals surface area contributed by atoms with Crippen LogP contribution in [0, 0.1) is 10.1 Å². The summed E-state index contributed by atoms with van der Waals surface area (Å²) in [6, 6.07) is 0. The second-order valence-corrected chi connectivity index (χ2v) is 2.34. The van der Waals surface area contributed by atoms with Crippen LogP contribution in [-0.2, 0) is 0 Å². The second-order valence-electron chi connectivity index (χ2n) is 2.34. The Balaban J connectivity index is 4.67. The molecule has 0 bridgehead atoms. The molecule has 6 heteroatoms. The Morgan fingerprint density at radius 2 is 1.73 bits per heavy atom. The third-order valence-electron chi connectivity index (χ3n) is 1.45. The van der Waals surface area contributed by atoms with E-state index in [1.807, 2.05) is 0 Å². The summed E-state index contributed by atoms with van der Waals surface area (Å²) >= 11 is 0. The summed E-state index contributed by atoms with van der Waals surface area (Å²) in [6.45, 7) is 1.82. The van der Waals surface area contributed by atoms with Crippen LogP contribution in [0.25, 0.3) is 0 Å². The molecule has 0 radical (unpaired) electrons. The van der Waals surface area contributed by atoms with E-state index in [1.165, 1.54) is 0 Å². The van der Waals surface area contributed by atoms with Gasteiger partial charge in [-0.25, -0.2) is 0 Å². The van der Waals surface area contributed by atoms with E-state index in [1.54, 1.807) is 0 Å². The van der Waals surface area contributed by atoms with Gasteiger partial charge in [0.25, 0.3) is 0 Å². The Morgan fingerprint density at radius 1 is 1.45 bits per heavy atom. The molecule has 66 valence electrons. The Morgan fingerprint density at radius 3 is 1.73 bits per heavy atom. The van der Waals surface area contributed by atoms with Crippen molar-refractivity contribution >= 4 is 0 Å². The summed E-state index contributed by atoms with van der Waals surface area (Å²) in [7, 11) is 0. The highest BCUT2D eigenvalue weighted by atomic mass is 19.1. The van der Waals surface area contributed by atoms with Gasteiger partial charge in [-0.2, -0.15) is 4.39 Å². The summed E-state index contributed by atoms with van der Waals surface area (Å²) in [5.74, 6) is -3.17. The van der Waals surface area contributed by atoms with Crippen LogP contribution in [-0.4, -0.2) is 33.1 Å². The lowest BCUT2D eigenvalue weighted by Gasteiger charge is -2.21. The minimum absolute atomic E-state index is 0.912. The highest BCUT2D eigenvalue weighted by molar-refractivity contribution is 4.78. The van der Waals surface area contributed by atoms with E-state index in [0.29, 0.717) is 0 Å². The molecule has 0 aliphatic carbocycles. The van der Waals surface area contributed by atoms with Gasteiger partial charge in [0.15, 0.2) is 12.2 Å². The van der Waals surface area contributed by atoms with Crippen LogP contribution in [0.2, 0.25) is 0 Å². The zero-order valence-electron chi connectivity index (χ0n) is 6.19. The number of nitrogens with zero attached hydrogens (tertiary/aromatic N) is 1. The summed E-state index contributed by atoms with van der Waals surface area (Å²) in [6.07, 6.45) is -3.67. The van der Waals surface area contributed by atoms with Gasteiger partial charge in [0, 0.05) is 0 Å². The molecule has 0 aliphatic rings. The first-order valence-corrected chi connectivity index (χ1v) is 3.03. The summed E-state index contributed by atoms with van der Waals surface area (Å²) in [5, 5.41) is 27.3. The number of alkyl halides is 1. The molecular formula is C5H10FNO4. The van der Waals surface area contributed by atoms with Crippen molar-refractivity contribution in [2.45, 2.75) is 31.8 Å². The van der Waals surface area contributed by atoms with Crippen molar-refractivity contribution in [3.8, 4) is 0 Å². The van der Waals surface area contributed by atoms with Crippen molar-refractivity contribution in [1.29, 1.82) is 0 Å². The molecule has 0 saturated heterocycles. The number of aliphatic hydroxyl groups excluding tert-OH is 2. The number of nitro groups is 1. The Hall–Kier alpha value is -0.750. The van der Waals surface area contributed by atoms with Crippen LogP contribution < -0.4 is 0 Å². The summed E-state index contributed by atoms with van der Waals surface area (Å²) < 4.78 is 13.0. The van der Waals surface area contributed by atoms with E-state index in [4.69, 9.17) is 10.2 Å². The minimum atomic E-state index is -3.17. The molecule has 0 fully saturated rings. The Bertz CT molecular complexity index is 151. The average molecular weight is 167 g/mol. The number of aliphatic hydroxyl groups is 2. The van der Waals surface area contributed by atoms with E-state index < -0.39 is 22.9 Å². The monoisotopic (exact) mass is 167 g/mol. The molecule has 11 heavy (non-hydrogen) atoms. The van der Waals surface area contributed by atoms with Gasteiger partial charge in [0.1, 0.15) is 0 Å². The Kier molecular flexibility index (Phi) is 2.89. The van der Waals surface area contributed by atoms with Crippen LogP contribution in [0.3, 0.4) is 0 Å². The number of rotatable bonds is 3.